The third-order valence-electron chi connectivity index (χ3n) is 3.59. The Labute approximate surface area is 119 Å². The second kappa shape index (κ2) is 7.78. The maximum atomic E-state index is 12.3. The third kappa shape index (κ3) is 4.41. The molecule has 0 aromatic rings. The number of carbonyl (C=O) groups is 1. The van der Waals surface area contributed by atoms with Gasteiger partial charge in [0.1, 0.15) is 0 Å². The minimum atomic E-state index is 0.151. The fraction of sp³-hybridized carbons (Fsp3) is 0.786. The van der Waals surface area contributed by atoms with E-state index >= 15 is 0 Å². The molecular weight excluding hydrogens is 260 g/mol. The Morgan fingerprint density at radius 1 is 1.53 bits per heavy atom. The zero-order valence-electron chi connectivity index (χ0n) is 11.3. The Morgan fingerprint density at radius 3 is 3.05 bits per heavy atom. The van der Waals surface area contributed by atoms with Crippen molar-refractivity contribution in [2.75, 3.05) is 37.7 Å². The van der Waals surface area contributed by atoms with Crippen LogP contribution in [0.25, 0.3) is 0 Å². The van der Waals surface area contributed by atoms with E-state index in [-0.39, 0.29) is 12.0 Å². The molecule has 2 saturated heterocycles. The Hall–Kier alpha value is -0.700. The first-order valence-electron chi connectivity index (χ1n) is 6.94. The fourth-order valence-corrected chi connectivity index (χ4v) is 3.80. The molecule has 2 unspecified atom stereocenters. The number of rotatable bonds is 6. The van der Waals surface area contributed by atoms with Crippen molar-refractivity contribution in [2.24, 2.45) is 0 Å². The predicted molar refractivity (Wildman–Crippen MR) is 78.1 cm³/mol. The van der Waals surface area contributed by atoms with Gasteiger partial charge in [0.25, 0.3) is 0 Å². The van der Waals surface area contributed by atoms with Crippen molar-refractivity contribution < 1.29 is 9.53 Å². The van der Waals surface area contributed by atoms with E-state index in [2.05, 4.69) is 11.2 Å². The van der Waals surface area contributed by atoms with Crippen LogP contribution in [0.5, 0.6) is 0 Å². The molecule has 106 valence electrons. The van der Waals surface area contributed by atoms with Crippen LogP contribution in [0.2, 0.25) is 0 Å². The molecule has 0 aromatic heterocycles. The van der Waals surface area contributed by atoms with Crippen molar-refractivity contribution in [3.05, 3.63) is 0 Å². The summed E-state index contributed by atoms with van der Waals surface area (Å²) in [4.78, 5) is 14.3. The van der Waals surface area contributed by atoms with Gasteiger partial charge in [0.2, 0.25) is 5.91 Å². The lowest BCUT2D eigenvalue weighted by Gasteiger charge is -2.30. The van der Waals surface area contributed by atoms with Crippen LogP contribution in [0.1, 0.15) is 19.3 Å². The van der Waals surface area contributed by atoms with Crippen LogP contribution in [-0.4, -0.2) is 60.7 Å². The maximum Gasteiger partial charge on any atom is 0.236 e. The molecule has 0 saturated carbocycles. The number of ether oxygens (including phenoxy) is 1. The van der Waals surface area contributed by atoms with Crippen LogP contribution < -0.4 is 5.32 Å². The molecule has 5 heteroatoms. The number of hydrogen-bond donors (Lipinski definition) is 1. The van der Waals surface area contributed by atoms with Gasteiger partial charge in [0, 0.05) is 24.9 Å². The number of terminal acetylenes is 1. The zero-order chi connectivity index (χ0) is 13.5. The molecule has 4 nitrogen and oxygen atoms in total. The summed E-state index contributed by atoms with van der Waals surface area (Å²) < 4.78 is 5.67. The SMILES string of the molecule is C#CCNCC(=O)N(CC1CCCO1)C1CCSC1. The number of nitrogens with one attached hydrogen (secondary N) is 1. The van der Waals surface area contributed by atoms with Crippen LogP contribution in [0.3, 0.4) is 0 Å². The molecule has 2 rings (SSSR count). The predicted octanol–water partition coefficient (Wildman–Crippen LogP) is 0.722. The van der Waals surface area contributed by atoms with Crippen molar-refractivity contribution in [3.63, 3.8) is 0 Å². The summed E-state index contributed by atoms with van der Waals surface area (Å²) in [6.45, 7) is 2.35. The van der Waals surface area contributed by atoms with Gasteiger partial charge < -0.3 is 9.64 Å². The van der Waals surface area contributed by atoms with E-state index in [1.165, 1.54) is 0 Å². The maximum absolute atomic E-state index is 12.3. The zero-order valence-corrected chi connectivity index (χ0v) is 12.1. The van der Waals surface area contributed by atoms with E-state index in [1.54, 1.807) is 0 Å². The average Bonchev–Trinajstić information content (AvgIpc) is 3.09. The van der Waals surface area contributed by atoms with E-state index in [0.29, 0.717) is 19.1 Å². The van der Waals surface area contributed by atoms with E-state index in [1.807, 2.05) is 16.7 Å². The van der Waals surface area contributed by atoms with E-state index < -0.39 is 0 Å². The number of nitrogens with zero attached hydrogens (tertiary/aromatic N) is 1. The molecule has 19 heavy (non-hydrogen) atoms. The Balaban J connectivity index is 1.88. The Morgan fingerprint density at radius 2 is 2.42 bits per heavy atom. The molecular formula is C14H22N2O2S. The van der Waals surface area contributed by atoms with Gasteiger partial charge in [0.05, 0.1) is 19.2 Å². The number of hydrogen-bond acceptors (Lipinski definition) is 4. The average molecular weight is 282 g/mol. The van der Waals surface area contributed by atoms with Crippen LogP contribution in [-0.2, 0) is 9.53 Å². The van der Waals surface area contributed by atoms with Gasteiger partial charge in [-0.05, 0) is 25.0 Å². The van der Waals surface area contributed by atoms with Gasteiger partial charge >= 0.3 is 0 Å². The first-order chi connectivity index (χ1) is 9.31. The molecule has 1 N–H and O–H groups in total. The Kier molecular flexibility index (Phi) is 6.02. The largest absolute Gasteiger partial charge is 0.376 e. The van der Waals surface area contributed by atoms with E-state index in [4.69, 9.17) is 11.2 Å². The van der Waals surface area contributed by atoms with Gasteiger partial charge in [-0.2, -0.15) is 11.8 Å². The van der Waals surface area contributed by atoms with Crippen molar-refractivity contribution in [1.29, 1.82) is 0 Å². The van der Waals surface area contributed by atoms with Crippen LogP contribution in [0.4, 0.5) is 0 Å². The summed E-state index contributed by atoms with van der Waals surface area (Å²) in [5, 5.41) is 2.99. The molecule has 0 radical (unpaired) electrons. The molecule has 0 bridgehead atoms. The van der Waals surface area contributed by atoms with Gasteiger partial charge in [0.15, 0.2) is 0 Å². The minimum Gasteiger partial charge on any atom is -0.376 e. The van der Waals surface area contributed by atoms with Crippen molar-refractivity contribution >= 4 is 17.7 Å². The van der Waals surface area contributed by atoms with Gasteiger partial charge in [-0.3, -0.25) is 10.1 Å². The highest BCUT2D eigenvalue weighted by Gasteiger charge is 2.30. The van der Waals surface area contributed by atoms with Gasteiger partial charge in [-0.25, -0.2) is 0 Å². The van der Waals surface area contributed by atoms with Crippen molar-refractivity contribution in [3.8, 4) is 12.3 Å². The monoisotopic (exact) mass is 282 g/mol. The fourth-order valence-electron chi connectivity index (χ4n) is 2.57. The lowest BCUT2D eigenvalue weighted by molar-refractivity contribution is -0.133. The van der Waals surface area contributed by atoms with Gasteiger partial charge in [-0.1, -0.05) is 5.92 Å². The topological polar surface area (TPSA) is 41.6 Å². The molecule has 0 aromatic carbocycles. The minimum absolute atomic E-state index is 0.151. The van der Waals surface area contributed by atoms with E-state index in [0.717, 1.165) is 43.9 Å². The van der Waals surface area contributed by atoms with Gasteiger partial charge in [-0.15, -0.1) is 6.42 Å². The molecule has 0 spiro atoms. The highest BCUT2D eigenvalue weighted by Crippen LogP contribution is 2.24. The molecule has 2 aliphatic heterocycles. The normalized spacial score (nSPS) is 26.3. The molecule has 2 fully saturated rings. The quantitative estimate of drug-likeness (QED) is 0.576. The second-order valence-electron chi connectivity index (χ2n) is 5.01. The second-order valence-corrected chi connectivity index (χ2v) is 6.16. The number of amides is 1. The first-order valence-corrected chi connectivity index (χ1v) is 8.09. The van der Waals surface area contributed by atoms with Crippen molar-refractivity contribution in [1.82, 2.24) is 10.2 Å². The summed E-state index contributed by atoms with van der Waals surface area (Å²) in [6, 6.07) is 0.370. The lowest BCUT2D eigenvalue weighted by Crippen LogP contribution is -2.48. The van der Waals surface area contributed by atoms with Crippen LogP contribution in [0.15, 0.2) is 0 Å². The lowest BCUT2D eigenvalue weighted by atomic mass is 10.1. The summed E-state index contributed by atoms with van der Waals surface area (Å²) in [7, 11) is 0. The summed E-state index contributed by atoms with van der Waals surface area (Å²) >= 11 is 1.93. The first kappa shape index (κ1) is 14.7. The molecule has 2 aliphatic rings. The highest BCUT2D eigenvalue weighted by atomic mass is 32.2. The van der Waals surface area contributed by atoms with Crippen molar-refractivity contribution in [2.45, 2.75) is 31.4 Å². The van der Waals surface area contributed by atoms with Crippen LogP contribution in [0, 0.1) is 12.3 Å². The number of thioether (sulfide) groups is 1. The molecule has 2 atom stereocenters. The van der Waals surface area contributed by atoms with E-state index in [9.17, 15) is 4.79 Å². The highest BCUT2D eigenvalue weighted by molar-refractivity contribution is 7.99. The summed E-state index contributed by atoms with van der Waals surface area (Å²) in [5.41, 5.74) is 0. The summed E-state index contributed by atoms with van der Waals surface area (Å²) in [5.74, 6) is 4.84. The molecule has 0 aliphatic carbocycles. The van der Waals surface area contributed by atoms with Crippen LogP contribution >= 0.6 is 11.8 Å². The standard InChI is InChI=1S/C14H22N2O2S/c1-2-6-15-9-14(17)16(12-5-8-19-11-12)10-13-4-3-7-18-13/h1,12-13,15H,3-11H2. The Bertz CT molecular complexity index is 331. The third-order valence-corrected chi connectivity index (χ3v) is 4.74. The molecule has 2 heterocycles. The summed E-state index contributed by atoms with van der Waals surface area (Å²) in [6.07, 6.45) is 8.69. The smallest absolute Gasteiger partial charge is 0.236 e. The number of carbonyl (C=O) groups excluding carboxylic acids is 1. The molecule has 1 amide bonds.